The largest absolute Gasteiger partial charge is 0.497 e. The van der Waals surface area contributed by atoms with Crippen LogP contribution in [0.3, 0.4) is 0 Å². The number of methoxy groups -OCH3 is 1. The Morgan fingerprint density at radius 3 is 2.36 bits per heavy atom. The predicted molar refractivity (Wildman–Crippen MR) is 99.9 cm³/mol. The van der Waals surface area contributed by atoms with Crippen LogP contribution >= 0.6 is 11.6 Å². The molecular weight excluding hydrogens is 338 g/mol. The van der Waals surface area contributed by atoms with Gasteiger partial charge in [0.25, 0.3) is 5.91 Å². The van der Waals surface area contributed by atoms with Crippen molar-refractivity contribution in [3.8, 4) is 5.75 Å². The molecule has 6 heteroatoms. The van der Waals surface area contributed by atoms with Crippen molar-refractivity contribution in [3.05, 3.63) is 77.6 Å². The number of halogens is 1. The van der Waals surface area contributed by atoms with E-state index in [0.29, 0.717) is 16.4 Å². The number of benzene rings is 2. The van der Waals surface area contributed by atoms with Crippen molar-refractivity contribution in [2.24, 2.45) is 0 Å². The Labute approximate surface area is 150 Å². The van der Waals surface area contributed by atoms with Crippen molar-refractivity contribution in [2.45, 2.75) is 0 Å². The molecule has 0 bridgehead atoms. The first-order valence-electron chi connectivity index (χ1n) is 7.59. The maximum atomic E-state index is 12.2. The summed E-state index contributed by atoms with van der Waals surface area (Å²) in [5.74, 6) is 0.445. The number of hydrogen-bond donors (Lipinski definition) is 2. The van der Waals surface area contributed by atoms with Crippen LogP contribution in [0.2, 0.25) is 5.02 Å². The minimum Gasteiger partial charge on any atom is -0.497 e. The van der Waals surface area contributed by atoms with E-state index in [-0.39, 0.29) is 5.91 Å². The third-order valence-corrected chi connectivity index (χ3v) is 3.83. The number of para-hydroxylation sites is 1. The summed E-state index contributed by atoms with van der Waals surface area (Å²) in [7, 11) is 1.59. The van der Waals surface area contributed by atoms with Crippen LogP contribution in [0.1, 0.15) is 10.5 Å². The molecule has 0 saturated carbocycles. The van der Waals surface area contributed by atoms with Crippen molar-refractivity contribution in [2.75, 3.05) is 17.7 Å². The molecule has 0 radical (unpaired) electrons. The van der Waals surface area contributed by atoms with Gasteiger partial charge in [-0.2, -0.15) is 0 Å². The standard InChI is InChI=1S/C19H16ClN3O2/c1-25-15-9-6-13(7-10-15)23-19(24)18-11-8-14(12-21-18)22-17-5-3-2-4-16(17)20/h2-12,22H,1H3,(H,23,24). The highest BCUT2D eigenvalue weighted by Crippen LogP contribution is 2.24. The molecule has 0 aliphatic rings. The number of anilines is 3. The van der Waals surface area contributed by atoms with Gasteiger partial charge in [0.15, 0.2) is 0 Å². The summed E-state index contributed by atoms with van der Waals surface area (Å²) < 4.78 is 5.09. The van der Waals surface area contributed by atoms with Crippen LogP contribution in [0.15, 0.2) is 66.9 Å². The summed E-state index contributed by atoms with van der Waals surface area (Å²) >= 11 is 6.11. The third kappa shape index (κ3) is 4.28. The Bertz CT molecular complexity index is 865. The van der Waals surface area contributed by atoms with Crippen LogP contribution in [0.5, 0.6) is 5.75 Å². The normalized spacial score (nSPS) is 10.2. The summed E-state index contributed by atoms with van der Waals surface area (Å²) in [6, 6.07) is 17.9. The number of nitrogens with zero attached hydrogens (tertiary/aromatic N) is 1. The van der Waals surface area contributed by atoms with Gasteiger partial charge in [0.05, 0.1) is 29.7 Å². The number of carbonyl (C=O) groups is 1. The topological polar surface area (TPSA) is 63.2 Å². The van der Waals surface area contributed by atoms with Gasteiger partial charge in [-0.15, -0.1) is 0 Å². The monoisotopic (exact) mass is 353 g/mol. The third-order valence-electron chi connectivity index (χ3n) is 3.50. The average molecular weight is 354 g/mol. The second-order valence-corrected chi connectivity index (χ2v) is 5.63. The quantitative estimate of drug-likeness (QED) is 0.695. The number of amides is 1. The fourth-order valence-corrected chi connectivity index (χ4v) is 2.37. The molecule has 3 aromatic rings. The summed E-state index contributed by atoms with van der Waals surface area (Å²) in [6.07, 6.45) is 1.59. The maximum absolute atomic E-state index is 12.2. The van der Waals surface area contributed by atoms with Gasteiger partial charge in [0.2, 0.25) is 0 Å². The molecular formula is C19H16ClN3O2. The summed E-state index contributed by atoms with van der Waals surface area (Å²) in [4.78, 5) is 16.4. The first-order valence-corrected chi connectivity index (χ1v) is 7.96. The second kappa shape index (κ2) is 7.68. The van der Waals surface area contributed by atoms with E-state index in [1.165, 1.54) is 0 Å². The lowest BCUT2D eigenvalue weighted by molar-refractivity contribution is 0.102. The highest BCUT2D eigenvalue weighted by atomic mass is 35.5. The molecule has 126 valence electrons. The molecule has 0 atom stereocenters. The lowest BCUT2D eigenvalue weighted by atomic mass is 10.2. The molecule has 1 heterocycles. The Kier molecular flexibility index (Phi) is 5.16. The maximum Gasteiger partial charge on any atom is 0.274 e. The van der Waals surface area contributed by atoms with Crippen molar-refractivity contribution >= 4 is 34.6 Å². The molecule has 0 saturated heterocycles. The van der Waals surface area contributed by atoms with Crippen LogP contribution in [-0.4, -0.2) is 18.0 Å². The fraction of sp³-hybridized carbons (Fsp3) is 0.0526. The Hall–Kier alpha value is -3.05. The zero-order valence-electron chi connectivity index (χ0n) is 13.5. The number of rotatable bonds is 5. The first kappa shape index (κ1) is 16.8. The van der Waals surface area contributed by atoms with Crippen LogP contribution in [-0.2, 0) is 0 Å². The van der Waals surface area contributed by atoms with Gasteiger partial charge in [0, 0.05) is 5.69 Å². The van der Waals surface area contributed by atoms with E-state index >= 15 is 0 Å². The second-order valence-electron chi connectivity index (χ2n) is 5.22. The molecule has 2 aromatic carbocycles. The number of nitrogens with one attached hydrogen (secondary N) is 2. The zero-order valence-corrected chi connectivity index (χ0v) is 14.2. The molecule has 1 aromatic heterocycles. The minimum absolute atomic E-state index is 0.283. The Balaban J connectivity index is 1.66. The van der Waals surface area contributed by atoms with Crippen LogP contribution in [0, 0.1) is 0 Å². The number of ether oxygens (including phenoxy) is 1. The highest BCUT2D eigenvalue weighted by molar-refractivity contribution is 6.33. The summed E-state index contributed by atoms with van der Waals surface area (Å²) in [6.45, 7) is 0. The van der Waals surface area contributed by atoms with E-state index in [9.17, 15) is 4.79 Å². The Morgan fingerprint density at radius 1 is 1.00 bits per heavy atom. The summed E-state index contributed by atoms with van der Waals surface area (Å²) in [5.41, 5.74) is 2.52. The van der Waals surface area contributed by atoms with Crippen molar-refractivity contribution in [1.29, 1.82) is 0 Å². The zero-order chi connectivity index (χ0) is 17.6. The first-order chi connectivity index (χ1) is 12.2. The SMILES string of the molecule is COc1ccc(NC(=O)c2ccc(Nc3ccccc3Cl)cn2)cc1. The predicted octanol–water partition coefficient (Wildman–Crippen LogP) is 4.74. The lowest BCUT2D eigenvalue weighted by Gasteiger charge is -2.09. The number of pyridine rings is 1. The van der Waals surface area contributed by atoms with Crippen LogP contribution in [0.25, 0.3) is 0 Å². The number of carbonyl (C=O) groups excluding carboxylic acids is 1. The van der Waals surface area contributed by atoms with E-state index < -0.39 is 0 Å². The minimum atomic E-state index is -0.283. The van der Waals surface area contributed by atoms with Gasteiger partial charge >= 0.3 is 0 Å². The number of hydrogen-bond acceptors (Lipinski definition) is 4. The van der Waals surface area contributed by atoms with Crippen molar-refractivity contribution in [3.63, 3.8) is 0 Å². The van der Waals surface area contributed by atoms with Gasteiger partial charge in [0.1, 0.15) is 11.4 Å². The molecule has 25 heavy (non-hydrogen) atoms. The lowest BCUT2D eigenvalue weighted by Crippen LogP contribution is -2.13. The molecule has 2 N–H and O–H groups in total. The molecule has 0 unspecified atom stereocenters. The highest BCUT2D eigenvalue weighted by Gasteiger charge is 2.08. The van der Waals surface area contributed by atoms with Gasteiger partial charge in [-0.05, 0) is 48.5 Å². The molecule has 3 rings (SSSR count). The van der Waals surface area contributed by atoms with E-state index in [0.717, 1.165) is 17.1 Å². The van der Waals surface area contributed by atoms with Crippen LogP contribution in [0.4, 0.5) is 17.1 Å². The van der Waals surface area contributed by atoms with Crippen molar-refractivity contribution < 1.29 is 9.53 Å². The average Bonchev–Trinajstić information content (AvgIpc) is 2.65. The van der Waals surface area contributed by atoms with Gasteiger partial charge in [-0.25, -0.2) is 4.98 Å². The van der Waals surface area contributed by atoms with E-state index in [4.69, 9.17) is 16.3 Å². The smallest absolute Gasteiger partial charge is 0.274 e. The molecule has 0 spiro atoms. The van der Waals surface area contributed by atoms with E-state index in [1.807, 2.05) is 18.2 Å². The van der Waals surface area contributed by atoms with Gasteiger partial charge < -0.3 is 15.4 Å². The molecule has 5 nitrogen and oxygen atoms in total. The Morgan fingerprint density at radius 2 is 1.72 bits per heavy atom. The molecule has 0 aliphatic carbocycles. The van der Waals surface area contributed by atoms with E-state index in [1.54, 1.807) is 55.8 Å². The van der Waals surface area contributed by atoms with E-state index in [2.05, 4.69) is 15.6 Å². The molecule has 0 fully saturated rings. The molecule has 1 amide bonds. The van der Waals surface area contributed by atoms with Crippen LogP contribution < -0.4 is 15.4 Å². The number of aromatic nitrogens is 1. The summed E-state index contributed by atoms with van der Waals surface area (Å²) in [5, 5.41) is 6.56. The fourth-order valence-electron chi connectivity index (χ4n) is 2.19. The molecule has 0 aliphatic heterocycles. The van der Waals surface area contributed by atoms with Gasteiger partial charge in [-0.1, -0.05) is 23.7 Å². The van der Waals surface area contributed by atoms with Crippen molar-refractivity contribution in [1.82, 2.24) is 4.98 Å². The van der Waals surface area contributed by atoms with Gasteiger partial charge in [-0.3, -0.25) is 4.79 Å².